The molecule has 0 aromatic carbocycles. The number of rotatable bonds is 15. The molecule has 0 saturated carbocycles. The molecule has 0 aromatic rings. The second kappa shape index (κ2) is 17.8. The Labute approximate surface area is 169 Å². The second-order valence-electron chi connectivity index (χ2n) is 7.36. The fourth-order valence-corrected chi connectivity index (χ4v) is 3.29. The smallest absolute Gasteiger partial charge is 0.0359 e. The molecule has 0 unspecified atom stereocenters. The zero-order valence-electron chi connectivity index (χ0n) is 16.4. The van der Waals surface area contributed by atoms with Crippen LogP contribution in [-0.4, -0.2) is 18.0 Å². The van der Waals surface area contributed by atoms with Crippen molar-refractivity contribution in [2.24, 2.45) is 0 Å². The van der Waals surface area contributed by atoms with E-state index in [4.69, 9.17) is 0 Å². The van der Waals surface area contributed by atoms with Crippen LogP contribution in [0, 0.1) is 0 Å². The molecule has 1 nitrogen and oxygen atoms in total. The van der Waals surface area contributed by atoms with E-state index in [1.54, 1.807) is 0 Å². The maximum absolute atomic E-state index is 2.44. The van der Waals surface area contributed by atoms with Gasteiger partial charge in [0.05, 0.1) is 0 Å². The summed E-state index contributed by atoms with van der Waals surface area (Å²) < 4.78 is 0. The van der Waals surface area contributed by atoms with Crippen molar-refractivity contribution in [2.75, 3.05) is 13.1 Å². The molecule has 24 heavy (non-hydrogen) atoms. The van der Waals surface area contributed by atoms with Gasteiger partial charge in [0, 0.05) is 13.1 Å². The van der Waals surface area contributed by atoms with Gasteiger partial charge in [0.2, 0.25) is 0 Å². The topological polar surface area (TPSA) is 3.24 Å². The Morgan fingerprint density at radius 1 is 0.750 bits per heavy atom. The van der Waals surface area contributed by atoms with Crippen LogP contribution in [0.4, 0.5) is 0 Å². The lowest BCUT2D eigenvalue weighted by Gasteiger charge is -2.21. The van der Waals surface area contributed by atoms with Crippen molar-refractivity contribution in [3.05, 3.63) is 23.9 Å². The van der Waals surface area contributed by atoms with Crippen molar-refractivity contribution in [2.45, 2.75) is 104 Å². The molecule has 0 aliphatic carbocycles. The van der Waals surface area contributed by atoms with Crippen LogP contribution in [-0.2, 0) is 0 Å². The van der Waals surface area contributed by atoms with Crippen LogP contribution >= 0.6 is 24.0 Å². The van der Waals surface area contributed by atoms with Crippen LogP contribution in [0.25, 0.3) is 0 Å². The summed E-state index contributed by atoms with van der Waals surface area (Å²) in [5.41, 5.74) is 1.40. The average molecular weight is 447 g/mol. The van der Waals surface area contributed by atoms with Crippen LogP contribution in [0.3, 0.4) is 0 Å². The quantitative estimate of drug-likeness (QED) is 0.182. The van der Waals surface area contributed by atoms with E-state index in [-0.39, 0.29) is 24.0 Å². The standard InChI is InChI=1S/C22H41N.HI/c1-3-4-5-6-7-8-9-10-11-12-13-14-15-16-19-23-20-17-22(2)18-21-23;/h17-18,20H,3-16,19,21H2,1-2H3;1H. The third kappa shape index (κ3) is 14.4. The number of hydrogen-bond donors (Lipinski definition) is 0. The summed E-state index contributed by atoms with van der Waals surface area (Å²) in [6, 6.07) is 0. The van der Waals surface area contributed by atoms with Crippen LogP contribution < -0.4 is 0 Å². The van der Waals surface area contributed by atoms with Gasteiger partial charge in [-0.25, -0.2) is 0 Å². The first-order chi connectivity index (χ1) is 11.3. The van der Waals surface area contributed by atoms with Gasteiger partial charge in [-0.3, -0.25) is 0 Å². The molecule has 0 atom stereocenters. The summed E-state index contributed by atoms with van der Waals surface area (Å²) in [4.78, 5) is 2.44. The maximum atomic E-state index is 2.44. The third-order valence-corrected chi connectivity index (χ3v) is 4.99. The van der Waals surface area contributed by atoms with E-state index in [1.165, 1.54) is 102 Å². The van der Waals surface area contributed by atoms with E-state index in [0.29, 0.717) is 0 Å². The molecule has 0 radical (unpaired) electrons. The molecule has 0 saturated heterocycles. The highest BCUT2D eigenvalue weighted by molar-refractivity contribution is 14.0. The highest BCUT2D eigenvalue weighted by Crippen LogP contribution is 2.13. The first-order valence-corrected chi connectivity index (χ1v) is 10.4. The van der Waals surface area contributed by atoms with Gasteiger partial charge in [-0.2, -0.15) is 0 Å². The number of hydrogen-bond acceptors (Lipinski definition) is 1. The lowest BCUT2D eigenvalue weighted by Crippen LogP contribution is -2.20. The van der Waals surface area contributed by atoms with Crippen molar-refractivity contribution < 1.29 is 0 Å². The minimum absolute atomic E-state index is 0. The minimum Gasteiger partial charge on any atom is -0.374 e. The molecule has 1 aliphatic heterocycles. The SMILES string of the molecule is CCCCCCCCCCCCCCCCN1C=CC(C)=CC1.I. The molecule has 0 aromatic heterocycles. The number of allylic oxidation sites excluding steroid dienone is 2. The predicted molar refractivity (Wildman–Crippen MR) is 120 cm³/mol. The summed E-state index contributed by atoms with van der Waals surface area (Å²) in [6.45, 7) is 6.82. The lowest BCUT2D eigenvalue weighted by molar-refractivity contribution is 0.390. The van der Waals surface area contributed by atoms with E-state index in [2.05, 4.69) is 37.1 Å². The van der Waals surface area contributed by atoms with Crippen molar-refractivity contribution in [3.8, 4) is 0 Å². The molecule has 1 heterocycles. The Hall–Kier alpha value is 0.01000. The molecule has 0 fully saturated rings. The first kappa shape index (κ1) is 24.0. The van der Waals surface area contributed by atoms with Crippen molar-refractivity contribution in [1.29, 1.82) is 0 Å². The van der Waals surface area contributed by atoms with E-state index in [9.17, 15) is 0 Å². The lowest BCUT2D eigenvalue weighted by atomic mass is 10.0. The van der Waals surface area contributed by atoms with Gasteiger partial charge in [-0.15, -0.1) is 24.0 Å². The molecule has 142 valence electrons. The monoisotopic (exact) mass is 447 g/mol. The molecular weight excluding hydrogens is 405 g/mol. The van der Waals surface area contributed by atoms with E-state index >= 15 is 0 Å². The first-order valence-electron chi connectivity index (χ1n) is 10.4. The van der Waals surface area contributed by atoms with Gasteiger partial charge in [0.25, 0.3) is 0 Å². The number of halogens is 1. The maximum Gasteiger partial charge on any atom is 0.0359 e. The van der Waals surface area contributed by atoms with Crippen LogP contribution in [0.5, 0.6) is 0 Å². The zero-order valence-corrected chi connectivity index (χ0v) is 18.7. The number of nitrogens with zero attached hydrogens (tertiary/aromatic N) is 1. The van der Waals surface area contributed by atoms with Crippen LogP contribution in [0.1, 0.15) is 104 Å². The van der Waals surface area contributed by atoms with Gasteiger partial charge >= 0.3 is 0 Å². The predicted octanol–water partition coefficient (Wildman–Crippen LogP) is 7.86. The molecule has 0 spiro atoms. The normalized spacial score (nSPS) is 13.8. The molecule has 2 heteroatoms. The van der Waals surface area contributed by atoms with Gasteiger partial charge in [0.15, 0.2) is 0 Å². The van der Waals surface area contributed by atoms with Gasteiger partial charge in [0.1, 0.15) is 0 Å². The van der Waals surface area contributed by atoms with Crippen molar-refractivity contribution in [3.63, 3.8) is 0 Å². The van der Waals surface area contributed by atoms with E-state index in [0.717, 1.165) is 6.54 Å². The fraction of sp³-hybridized carbons (Fsp3) is 0.818. The number of unbranched alkanes of at least 4 members (excludes halogenated alkanes) is 13. The summed E-state index contributed by atoms with van der Waals surface area (Å²) in [7, 11) is 0. The Morgan fingerprint density at radius 2 is 1.21 bits per heavy atom. The third-order valence-electron chi connectivity index (χ3n) is 4.99. The molecule has 0 amide bonds. The van der Waals surface area contributed by atoms with Crippen LogP contribution in [0.15, 0.2) is 23.9 Å². The molecule has 0 N–H and O–H groups in total. The second-order valence-corrected chi connectivity index (χ2v) is 7.36. The molecular formula is C22H42IN. The van der Waals surface area contributed by atoms with Crippen molar-refractivity contribution in [1.82, 2.24) is 4.90 Å². The summed E-state index contributed by atoms with van der Waals surface area (Å²) >= 11 is 0. The minimum atomic E-state index is 0. The van der Waals surface area contributed by atoms with Gasteiger partial charge < -0.3 is 4.90 Å². The molecule has 1 rings (SSSR count). The van der Waals surface area contributed by atoms with E-state index in [1.807, 2.05) is 0 Å². The van der Waals surface area contributed by atoms with Crippen LogP contribution in [0.2, 0.25) is 0 Å². The Balaban J connectivity index is 0.00000529. The van der Waals surface area contributed by atoms with Crippen molar-refractivity contribution >= 4 is 24.0 Å². The Morgan fingerprint density at radius 3 is 1.62 bits per heavy atom. The Kier molecular flexibility index (Phi) is 17.8. The summed E-state index contributed by atoms with van der Waals surface area (Å²) in [5, 5.41) is 0. The summed E-state index contributed by atoms with van der Waals surface area (Å²) in [5.74, 6) is 0. The highest BCUT2D eigenvalue weighted by Gasteiger charge is 2.01. The average Bonchev–Trinajstić information content (AvgIpc) is 2.57. The molecule has 1 aliphatic rings. The fourth-order valence-electron chi connectivity index (χ4n) is 3.29. The highest BCUT2D eigenvalue weighted by atomic mass is 127. The Bertz CT molecular complexity index is 322. The summed E-state index contributed by atoms with van der Waals surface area (Å²) in [6.07, 6.45) is 27.0. The van der Waals surface area contributed by atoms with E-state index < -0.39 is 0 Å². The zero-order chi connectivity index (χ0) is 16.6. The van der Waals surface area contributed by atoms with Gasteiger partial charge in [-0.05, 0) is 25.6 Å². The van der Waals surface area contributed by atoms with Gasteiger partial charge in [-0.1, -0.05) is 102 Å². The molecule has 0 bridgehead atoms. The largest absolute Gasteiger partial charge is 0.374 e.